The van der Waals surface area contributed by atoms with E-state index in [1.165, 1.54) is 27.9 Å². The molecule has 0 N–H and O–H groups in total. The molecule has 2 heterocycles. The standard InChI is InChI=1S/C23H27FN2/c1-15-7-5-6-8-18(15)11-12-26-21-10-9-19(24)14-20(21)23-17(3)25(4)16(2)13-22(23)26/h5-10,14,16-17H,11-13H2,1-4H3. The van der Waals surface area contributed by atoms with E-state index in [4.69, 9.17) is 0 Å². The van der Waals surface area contributed by atoms with Gasteiger partial charge in [-0.15, -0.1) is 0 Å². The maximum absolute atomic E-state index is 14.0. The van der Waals surface area contributed by atoms with Crippen LogP contribution in [0.15, 0.2) is 42.5 Å². The number of nitrogens with zero attached hydrogens (tertiary/aromatic N) is 2. The Bertz CT molecular complexity index is 956. The van der Waals surface area contributed by atoms with E-state index in [0.717, 1.165) is 24.8 Å². The molecule has 0 aliphatic carbocycles. The van der Waals surface area contributed by atoms with Crippen molar-refractivity contribution < 1.29 is 4.39 Å². The first-order valence-corrected chi connectivity index (χ1v) is 9.54. The van der Waals surface area contributed by atoms with Gasteiger partial charge in [0.15, 0.2) is 0 Å². The summed E-state index contributed by atoms with van der Waals surface area (Å²) in [5, 5.41) is 1.08. The predicted molar refractivity (Wildman–Crippen MR) is 106 cm³/mol. The van der Waals surface area contributed by atoms with Crippen LogP contribution in [0.2, 0.25) is 0 Å². The first-order valence-electron chi connectivity index (χ1n) is 9.54. The number of fused-ring (bicyclic) bond motifs is 3. The summed E-state index contributed by atoms with van der Waals surface area (Å²) in [6.07, 6.45) is 2.01. The Kier molecular flexibility index (Phi) is 4.36. The Hall–Kier alpha value is -2.13. The quantitative estimate of drug-likeness (QED) is 0.625. The number of rotatable bonds is 3. The molecule has 4 rings (SSSR count). The van der Waals surface area contributed by atoms with Gasteiger partial charge in [0.05, 0.1) is 0 Å². The summed E-state index contributed by atoms with van der Waals surface area (Å²) in [5.41, 5.74) is 6.59. The summed E-state index contributed by atoms with van der Waals surface area (Å²) in [6.45, 7) is 7.63. The second-order valence-electron chi connectivity index (χ2n) is 7.74. The molecule has 136 valence electrons. The van der Waals surface area contributed by atoms with Crippen LogP contribution in [0, 0.1) is 12.7 Å². The summed E-state index contributed by atoms with van der Waals surface area (Å²) in [7, 11) is 2.17. The van der Waals surface area contributed by atoms with Crippen LogP contribution in [0.3, 0.4) is 0 Å². The van der Waals surface area contributed by atoms with Crippen molar-refractivity contribution in [3.8, 4) is 0 Å². The predicted octanol–water partition coefficient (Wildman–Crippen LogP) is 5.27. The second kappa shape index (κ2) is 6.55. The van der Waals surface area contributed by atoms with Crippen LogP contribution in [0.5, 0.6) is 0 Å². The van der Waals surface area contributed by atoms with Gasteiger partial charge in [0.25, 0.3) is 0 Å². The number of likely N-dealkylation sites (N-methyl/N-ethyl adjacent to an activating group) is 1. The summed E-state index contributed by atoms with van der Waals surface area (Å²) in [5.74, 6) is -0.148. The number of aromatic nitrogens is 1. The van der Waals surface area contributed by atoms with Crippen LogP contribution in [0.4, 0.5) is 4.39 Å². The van der Waals surface area contributed by atoms with Crippen molar-refractivity contribution in [1.82, 2.24) is 9.47 Å². The number of hydrogen-bond acceptors (Lipinski definition) is 1. The number of halogens is 1. The topological polar surface area (TPSA) is 8.17 Å². The van der Waals surface area contributed by atoms with Crippen molar-refractivity contribution in [1.29, 1.82) is 0 Å². The Morgan fingerprint density at radius 3 is 2.65 bits per heavy atom. The lowest BCUT2D eigenvalue weighted by atomic mass is 9.93. The van der Waals surface area contributed by atoms with Gasteiger partial charge in [-0.25, -0.2) is 4.39 Å². The fourth-order valence-electron chi connectivity index (χ4n) is 4.48. The van der Waals surface area contributed by atoms with E-state index in [2.05, 4.69) is 61.6 Å². The first-order chi connectivity index (χ1) is 12.5. The molecule has 0 saturated carbocycles. The highest BCUT2D eigenvalue weighted by molar-refractivity contribution is 5.86. The van der Waals surface area contributed by atoms with E-state index >= 15 is 0 Å². The Balaban J connectivity index is 1.82. The first kappa shape index (κ1) is 17.3. The molecule has 3 aromatic rings. The van der Waals surface area contributed by atoms with Crippen LogP contribution in [-0.2, 0) is 19.4 Å². The summed E-state index contributed by atoms with van der Waals surface area (Å²) in [4.78, 5) is 2.40. The molecule has 2 aromatic carbocycles. The van der Waals surface area contributed by atoms with Gasteiger partial charge in [0, 0.05) is 41.6 Å². The Labute approximate surface area is 155 Å². The van der Waals surface area contributed by atoms with Gasteiger partial charge in [-0.2, -0.15) is 0 Å². The van der Waals surface area contributed by atoms with Crippen molar-refractivity contribution in [2.75, 3.05) is 7.05 Å². The molecular formula is C23H27FN2. The third kappa shape index (κ3) is 2.75. The molecule has 2 atom stereocenters. The fraction of sp³-hybridized carbons (Fsp3) is 0.391. The highest BCUT2D eigenvalue weighted by atomic mass is 19.1. The van der Waals surface area contributed by atoms with Crippen LogP contribution < -0.4 is 0 Å². The van der Waals surface area contributed by atoms with Crippen molar-refractivity contribution in [3.05, 3.63) is 70.7 Å². The van der Waals surface area contributed by atoms with Crippen LogP contribution >= 0.6 is 0 Å². The fourth-order valence-corrected chi connectivity index (χ4v) is 4.48. The molecule has 26 heavy (non-hydrogen) atoms. The highest BCUT2D eigenvalue weighted by Crippen LogP contribution is 2.39. The molecule has 0 amide bonds. The molecule has 1 aromatic heterocycles. The molecule has 0 bridgehead atoms. The van der Waals surface area contributed by atoms with Crippen LogP contribution in [0.1, 0.15) is 42.3 Å². The average molecular weight is 350 g/mol. The Morgan fingerprint density at radius 2 is 1.88 bits per heavy atom. The van der Waals surface area contributed by atoms with E-state index < -0.39 is 0 Å². The number of hydrogen-bond donors (Lipinski definition) is 0. The summed E-state index contributed by atoms with van der Waals surface area (Å²) in [6, 6.07) is 14.7. The van der Waals surface area contributed by atoms with Gasteiger partial charge in [-0.3, -0.25) is 4.90 Å². The van der Waals surface area contributed by atoms with E-state index in [1.807, 2.05) is 6.07 Å². The maximum atomic E-state index is 14.0. The molecule has 1 aliphatic rings. The summed E-state index contributed by atoms with van der Waals surface area (Å²) < 4.78 is 16.4. The third-order valence-corrected chi connectivity index (χ3v) is 6.25. The smallest absolute Gasteiger partial charge is 0.123 e. The molecule has 2 nitrogen and oxygen atoms in total. The minimum atomic E-state index is -0.148. The highest BCUT2D eigenvalue weighted by Gasteiger charge is 2.31. The zero-order valence-electron chi connectivity index (χ0n) is 16.1. The third-order valence-electron chi connectivity index (χ3n) is 6.25. The second-order valence-corrected chi connectivity index (χ2v) is 7.74. The van der Waals surface area contributed by atoms with Gasteiger partial charge in [0.2, 0.25) is 0 Å². The number of aryl methyl sites for hydroxylation is 3. The van der Waals surface area contributed by atoms with Gasteiger partial charge in [0.1, 0.15) is 5.82 Å². The molecule has 0 saturated heterocycles. The number of benzene rings is 2. The van der Waals surface area contributed by atoms with Gasteiger partial charge >= 0.3 is 0 Å². The van der Waals surface area contributed by atoms with Crippen molar-refractivity contribution in [2.24, 2.45) is 0 Å². The van der Waals surface area contributed by atoms with Gasteiger partial charge in [-0.05, 0) is 69.1 Å². The lowest BCUT2D eigenvalue weighted by molar-refractivity contribution is 0.177. The minimum absolute atomic E-state index is 0.148. The largest absolute Gasteiger partial charge is 0.344 e. The van der Waals surface area contributed by atoms with Crippen LogP contribution in [0.25, 0.3) is 10.9 Å². The van der Waals surface area contributed by atoms with Gasteiger partial charge in [-0.1, -0.05) is 24.3 Å². The monoisotopic (exact) mass is 350 g/mol. The molecule has 0 fully saturated rings. The molecule has 1 aliphatic heterocycles. The average Bonchev–Trinajstić information content (AvgIpc) is 2.91. The summed E-state index contributed by atoms with van der Waals surface area (Å²) >= 11 is 0. The van der Waals surface area contributed by atoms with E-state index in [1.54, 1.807) is 12.1 Å². The van der Waals surface area contributed by atoms with E-state index in [9.17, 15) is 4.39 Å². The molecule has 0 spiro atoms. The minimum Gasteiger partial charge on any atom is -0.344 e. The zero-order valence-corrected chi connectivity index (χ0v) is 16.1. The van der Waals surface area contributed by atoms with E-state index in [0.29, 0.717) is 12.1 Å². The lowest BCUT2D eigenvalue weighted by Crippen LogP contribution is -2.38. The lowest BCUT2D eigenvalue weighted by Gasteiger charge is -2.37. The molecule has 3 heteroatoms. The van der Waals surface area contributed by atoms with Crippen molar-refractivity contribution >= 4 is 10.9 Å². The molecular weight excluding hydrogens is 323 g/mol. The van der Waals surface area contributed by atoms with Gasteiger partial charge < -0.3 is 4.57 Å². The maximum Gasteiger partial charge on any atom is 0.123 e. The normalized spacial score (nSPS) is 20.5. The van der Waals surface area contributed by atoms with Crippen molar-refractivity contribution in [3.63, 3.8) is 0 Å². The van der Waals surface area contributed by atoms with Crippen molar-refractivity contribution in [2.45, 2.75) is 52.2 Å². The van der Waals surface area contributed by atoms with E-state index in [-0.39, 0.29) is 5.82 Å². The molecule has 2 unspecified atom stereocenters. The SMILES string of the molecule is Cc1ccccc1CCn1c2c(c3cc(F)ccc31)C(C)N(C)C(C)C2. The Morgan fingerprint density at radius 1 is 1.12 bits per heavy atom. The molecule has 0 radical (unpaired) electrons. The zero-order chi connectivity index (χ0) is 18.4. The van der Waals surface area contributed by atoms with Crippen LogP contribution in [-0.4, -0.2) is 22.6 Å².